The van der Waals surface area contributed by atoms with Gasteiger partial charge in [0.25, 0.3) is 0 Å². The molecule has 0 spiro atoms. The zero-order chi connectivity index (χ0) is 15.9. The fourth-order valence-corrected chi connectivity index (χ4v) is 2.32. The van der Waals surface area contributed by atoms with Crippen molar-refractivity contribution in [2.75, 3.05) is 11.9 Å². The van der Waals surface area contributed by atoms with Gasteiger partial charge in [-0.1, -0.05) is 41.4 Å². The first-order valence-electron chi connectivity index (χ1n) is 6.80. The molecule has 2 amide bonds. The van der Waals surface area contributed by atoms with Crippen LogP contribution in [0.3, 0.4) is 0 Å². The highest BCUT2D eigenvalue weighted by atomic mass is 35.5. The van der Waals surface area contributed by atoms with E-state index in [1.807, 2.05) is 31.2 Å². The van der Waals surface area contributed by atoms with Crippen molar-refractivity contribution in [2.45, 2.75) is 13.5 Å². The number of amides is 2. The molecule has 0 saturated heterocycles. The van der Waals surface area contributed by atoms with Crippen molar-refractivity contribution in [3.05, 3.63) is 58.1 Å². The minimum absolute atomic E-state index is 0.371. The normalized spacial score (nSPS) is 10.1. The topological polar surface area (TPSA) is 50.4 Å². The molecule has 0 aliphatic heterocycles. The fraction of sp³-hybridized carbons (Fsp3) is 0.188. The molecule has 0 aliphatic rings. The van der Waals surface area contributed by atoms with E-state index in [2.05, 4.69) is 10.6 Å². The number of benzene rings is 2. The van der Waals surface area contributed by atoms with Gasteiger partial charge in [0.05, 0.1) is 22.3 Å². The second-order valence-electron chi connectivity index (χ2n) is 4.48. The lowest BCUT2D eigenvalue weighted by molar-refractivity contribution is 0.251. The third-order valence-electron chi connectivity index (χ3n) is 2.89. The van der Waals surface area contributed by atoms with Gasteiger partial charge in [-0.2, -0.15) is 0 Å². The number of carbonyl (C=O) groups excluding carboxylic acids is 1. The molecule has 2 N–H and O–H groups in total. The summed E-state index contributed by atoms with van der Waals surface area (Å²) in [5.41, 5.74) is 1.36. The van der Waals surface area contributed by atoms with Gasteiger partial charge < -0.3 is 15.4 Å². The van der Waals surface area contributed by atoms with Gasteiger partial charge in [0.15, 0.2) is 0 Å². The number of para-hydroxylation sites is 1. The number of urea groups is 1. The summed E-state index contributed by atoms with van der Waals surface area (Å²) in [6.45, 7) is 2.94. The van der Waals surface area contributed by atoms with Crippen molar-refractivity contribution in [1.82, 2.24) is 5.32 Å². The molecule has 0 saturated carbocycles. The molecule has 0 fully saturated rings. The molecule has 4 nitrogen and oxygen atoms in total. The first-order valence-corrected chi connectivity index (χ1v) is 7.56. The number of rotatable bonds is 5. The average Bonchev–Trinajstić information content (AvgIpc) is 2.51. The van der Waals surface area contributed by atoms with Crippen LogP contribution in [0.4, 0.5) is 10.5 Å². The molecule has 22 heavy (non-hydrogen) atoms. The number of halogens is 2. The second kappa shape index (κ2) is 7.92. The first kappa shape index (κ1) is 16.5. The van der Waals surface area contributed by atoms with Crippen LogP contribution in [0.1, 0.15) is 12.5 Å². The van der Waals surface area contributed by atoms with Crippen molar-refractivity contribution >= 4 is 34.9 Å². The van der Waals surface area contributed by atoms with Gasteiger partial charge in [-0.05, 0) is 36.8 Å². The zero-order valence-electron chi connectivity index (χ0n) is 12.0. The van der Waals surface area contributed by atoms with Crippen LogP contribution in [0.15, 0.2) is 42.5 Å². The highest BCUT2D eigenvalue weighted by Crippen LogP contribution is 2.29. The number of hydrogen-bond acceptors (Lipinski definition) is 2. The number of anilines is 1. The molecular formula is C16H16Cl2N2O2. The van der Waals surface area contributed by atoms with E-state index < -0.39 is 0 Å². The smallest absolute Gasteiger partial charge is 0.319 e. The SMILES string of the molecule is CCOc1ccc(CNC(=O)Nc2c(Cl)cccc2Cl)cc1. The minimum atomic E-state index is -0.371. The summed E-state index contributed by atoms with van der Waals surface area (Å²) in [7, 11) is 0. The Morgan fingerprint density at radius 2 is 1.73 bits per heavy atom. The molecule has 6 heteroatoms. The Labute approximate surface area is 139 Å². The summed E-state index contributed by atoms with van der Waals surface area (Å²) in [6, 6.07) is 12.2. The van der Waals surface area contributed by atoms with E-state index in [-0.39, 0.29) is 6.03 Å². The van der Waals surface area contributed by atoms with Gasteiger partial charge in [0, 0.05) is 6.54 Å². The summed E-state index contributed by atoms with van der Waals surface area (Å²) in [6.07, 6.45) is 0. The third kappa shape index (κ3) is 4.55. The van der Waals surface area contributed by atoms with E-state index in [1.54, 1.807) is 18.2 Å². The summed E-state index contributed by atoms with van der Waals surface area (Å²) >= 11 is 12.0. The summed E-state index contributed by atoms with van der Waals surface area (Å²) in [5, 5.41) is 6.17. The molecule has 116 valence electrons. The van der Waals surface area contributed by atoms with Gasteiger partial charge in [-0.15, -0.1) is 0 Å². The lowest BCUT2D eigenvalue weighted by atomic mass is 10.2. The van der Waals surface area contributed by atoms with Crippen molar-refractivity contribution in [2.24, 2.45) is 0 Å². The van der Waals surface area contributed by atoms with Crippen LogP contribution in [0, 0.1) is 0 Å². The lowest BCUT2D eigenvalue weighted by Crippen LogP contribution is -2.28. The molecule has 0 aromatic heterocycles. The molecule has 2 aromatic carbocycles. The van der Waals surface area contributed by atoms with Crippen molar-refractivity contribution in [3.63, 3.8) is 0 Å². The average molecular weight is 339 g/mol. The van der Waals surface area contributed by atoms with Gasteiger partial charge in [0.2, 0.25) is 0 Å². The predicted octanol–water partition coefficient (Wildman–Crippen LogP) is 4.71. The number of nitrogens with one attached hydrogen (secondary N) is 2. The maximum absolute atomic E-state index is 11.9. The standard InChI is InChI=1S/C16H16Cl2N2O2/c1-2-22-12-8-6-11(7-9-12)10-19-16(21)20-15-13(17)4-3-5-14(15)18/h3-9H,2,10H2,1H3,(H2,19,20,21). The first-order chi connectivity index (χ1) is 10.6. The summed E-state index contributed by atoms with van der Waals surface area (Å²) < 4.78 is 5.36. The highest BCUT2D eigenvalue weighted by molar-refractivity contribution is 6.39. The van der Waals surface area contributed by atoms with Crippen LogP contribution in [-0.4, -0.2) is 12.6 Å². The van der Waals surface area contributed by atoms with Crippen LogP contribution in [0.2, 0.25) is 10.0 Å². The van der Waals surface area contributed by atoms with Crippen LogP contribution in [-0.2, 0) is 6.54 Å². The molecule has 2 rings (SSSR count). The van der Waals surface area contributed by atoms with Gasteiger partial charge in [0.1, 0.15) is 5.75 Å². The minimum Gasteiger partial charge on any atom is -0.494 e. The van der Waals surface area contributed by atoms with Gasteiger partial charge in [-0.25, -0.2) is 4.79 Å². The van der Waals surface area contributed by atoms with Crippen molar-refractivity contribution in [1.29, 1.82) is 0 Å². The van der Waals surface area contributed by atoms with Crippen molar-refractivity contribution < 1.29 is 9.53 Å². The summed E-state index contributed by atoms with van der Waals surface area (Å²) in [5.74, 6) is 0.804. The Balaban J connectivity index is 1.90. The van der Waals surface area contributed by atoms with Crippen LogP contribution in [0.5, 0.6) is 5.75 Å². The van der Waals surface area contributed by atoms with E-state index >= 15 is 0 Å². The van der Waals surface area contributed by atoms with Gasteiger partial charge in [-0.3, -0.25) is 0 Å². The monoisotopic (exact) mass is 338 g/mol. The maximum atomic E-state index is 11.9. The van der Waals surface area contributed by atoms with E-state index in [0.717, 1.165) is 11.3 Å². The van der Waals surface area contributed by atoms with Crippen LogP contribution < -0.4 is 15.4 Å². The van der Waals surface area contributed by atoms with Gasteiger partial charge >= 0.3 is 6.03 Å². The quantitative estimate of drug-likeness (QED) is 0.829. The second-order valence-corrected chi connectivity index (χ2v) is 5.30. The number of ether oxygens (including phenoxy) is 1. The Bertz CT molecular complexity index is 625. The Hall–Kier alpha value is -1.91. The Kier molecular flexibility index (Phi) is 5.92. The van der Waals surface area contributed by atoms with Crippen LogP contribution >= 0.6 is 23.2 Å². The summed E-state index contributed by atoms with van der Waals surface area (Å²) in [4.78, 5) is 11.9. The Morgan fingerprint density at radius 3 is 2.32 bits per heavy atom. The van der Waals surface area contributed by atoms with E-state index in [4.69, 9.17) is 27.9 Å². The van der Waals surface area contributed by atoms with E-state index in [1.165, 1.54) is 0 Å². The molecule has 0 atom stereocenters. The third-order valence-corrected chi connectivity index (χ3v) is 3.52. The lowest BCUT2D eigenvalue weighted by Gasteiger charge is -2.11. The Morgan fingerprint density at radius 1 is 1.09 bits per heavy atom. The van der Waals surface area contributed by atoms with Crippen LogP contribution in [0.25, 0.3) is 0 Å². The zero-order valence-corrected chi connectivity index (χ0v) is 13.5. The predicted molar refractivity (Wildman–Crippen MR) is 89.9 cm³/mol. The van der Waals surface area contributed by atoms with E-state index in [0.29, 0.717) is 28.9 Å². The molecule has 0 unspecified atom stereocenters. The highest BCUT2D eigenvalue weighted by Gasteiger charge is 2.09. The molecular weight excluding hydrogens is 323 g/mol. The van der Waals surface area contributed by atoms with E-state index in [9.17, 15) is 4.79 Å². The molecule has 0 bridgehead atoms. The molecule has 0 aliphatic carbocycles. The van der Waals surface area contributed by atoms with Crippen molar-refractivity contribution in [3.8, 4) is 5.75 Å². The fourth-order valence-electron chi connectivity index (χ4n) is 1.83. The molecule has 0 heterocycles. The molecule has 2 aromatic rings. The number of hydrogen-bond donors (Lipinski definition) is 2. The maximum Gasteiger partial charge on any atom is 0.319 e. The molecule has 0 radical (unpaired) electrons. The largest absolute Gasteiger partial charge is 0.494 e. The number of carbonyl (C=O) groups is 1.